The molecule has 0 spiro atoms. The molecule has 140 valence electrons. The number of aromatic amines is 1. The van der Waals surface area contributed by atoms with Crippen molar-refractivity contribution in [2.24, 2.45) is 0 Å². The molecule has 2 aromatic heterocycles. The summed E-state index contributed by atoms with van der Waals surface area (Å²) in [6, 6.07) is 8.04. The van der Waals surface area contributed by atoms with Crippen molar-refractivity contribution in [3.63, 3.8) is 0 Å². The number of amides is 1. The summed E-state index contributed by atoms with van der Waals surface area (Å²) >= 11 is 0. The van der Waals surface area contributed by atoms with Gasteiger partial charge in [-0.2, -0.15) is 0 Å². The Balaban J connectivity index is 1.83. The van der Waals surface area contributed by atoms with E-state index in [1.165, 1.54) is 6.07 Å². The van der Waals surface area contributed by atoms with E-state index in [1.54, 1.807) is 30.6 Å². The van der Waals surface area contributed by atoms with E-state index in [9.17, 15) is 9.59 Å². The van der Waals surface area contributed by atoms with Crippen LogP contribution in [0.4, 0.5) is 5.95 Å². The van der Waals surface area contributed by atoms with E-state index in [1.807, 2.05) is 25.3 Å². The molecule has 0 saturated carbocycles. The number of nitrogens with two attached hydrogens (primary N) is 1. The van der Waals surface area contributed by atoms with Gasteiger partial charge in [0.1, 0.15) is 6.33 Å². The van der Waals surface area contributed by atoms with Crippen molar-refractivity contribution in [2.45, 2.75) is 32.9 Å². The molecule has 0 fully saturated rings. The first-order valence-corrected chi connectivity index (χ1v) is 8.52. The van der Waals surface area contributed by atoms with Gasteiger partial charge < -0.3 is 15.6 Å². The van der Waals surface area contributed by atoms with Gasteiger partial charge in [-0.15, -0.1) is 10.2 Å². The van der Waals surface area contributed by atoms with Crippen LogP contribution in [0.15, 0.2) is 41.5 Å². The molecule has 2 heterocycles. The van der Waals surface area contributed by atoms with Gasteiger partial charge in [0, 0.05) is 23.2 Å². The maximum atomic E-state index is 12.7. The van der Waals surface area contributed by atoms with E-state index < -0.39 is 0 Å². The first kappa shape index (κ1) is 18.3. The molecular weight excluding hydrogens is 346 g/mol. The Morgan fingerprint density at radius 2 is 2.04 bits per heavy atom. The number of nitrogens with zero attached hydrogens (tertiary/aromatic N) is 4. The van der Waals surface area contributed by atoms with Crippen LogP contribution < -0.4 is 16.6 Å². The zero-order valence-electron chi connectivity index (χ0n) is 15.3. The van der Waals surface area contributed by atoms with Crippen molar-refractivity contribution in [3.05, 3.63) is 58.4 Å². The van der Waals surface area contributed by atoms with Crippen LogP contribution in [0.2, 0.25) is 0 Å². The molecule has 9 nitrogen and oxygen atoms in total. The number of aromatic nitrogens is 5. The number of carbonyl (C=O) groups excluding carboxylic acids is 1. The molecule has 1 aromatic carbocycles. The van der Waals surface area contributed by atoms with Crippen LogP contribution >= 0.6 is 0 Å². The Kier molecular flexibility index (Phi) is 5.02. The maximum Gasteiger partial charge on any atom is 0.252 e. The number of benzene rings is 1. The van der Waals surface area contributed by atoms with Gasteiger partial charge in [-0.05, 0) is 32.9 Å². The summed E-state index contributed by atoms with van der Waals surface area (Å²) in [5.74, 6) is 0.438. The average molecular weight is 367 g/mol. The van der Waals surface area contributed by atoms with Crippen LogP contribution in [-0.2, 0) is 0 Å². The molecule has 0 aliphatic rings. The van der Waals surface area contributed by atoms with E-state index >= 15 is 0 Å². The standard InChI is InChI=1S/C18H21N7O2/c1-10(2)25-9-20-24-16(25)11(3)21-17(27)13-6-4-5-12(7-13)14-8-15(26)23-18(19)22-14/h4-11H,1-3H3,(H,21,27)(H3,19,22,23,26). The summed E-state index contributed by atoms with van der Waals surface area (Å²) in [4.78, 5) is 30.8. The van der Waals surface area contributed by atoms with E-state index in [0.29, 0.717) is 22.6 Å². The lowest BCUT2D eigenvalue weighted by Gasteiger charge is -2.17. The monoisotopic (exact) mass is 367 g/mol. The summed E-state index contributed by atoms with van der Waals surface area (Å²) in [5, 5.41) is 10.9. The molecule has 3 aromatic rings. The number of nitrogen functional groups attached to an aromatic ring is 1. The molecule has 1 atom stereocenters. The first-order valence-electron chi connectivity index (χ1n) is 8.52. The van der Waals surface area contributed by atoms with Crippen LogP contribution in [-0.4, -0.2) is 30.6 Å². The summed E-state index contributed by atoms with van der Waals surface area (Å²) in [7, 11) is 0. The van der Waals surface area contributed by atoms with Gasteiger partial charge >= 0.3 is 0 Å². The van der Waals surface area contributed by atoms with E-state index in [2.05, 4.69) is 25.5 Å². The third-order valence-corrected chi connectivity index (χ3v) is 4.07. The minimum Gasteiger partial charge on any atom is -0.369 e. The van der Waals surface area contributed by atoms with Crippen LogP contribution in [0.1, 0.15) is 49.0 Å². The zero-order valence-corrected chi connectivity index (χ0v) is 15.3. The summed E-state index contributed by atoms with van der Waals surface area (Å²) in [6.07, 6.45) is 1.65. The van der Waals surface area contributed by atoms with Crippen molar-refractivity contribution in [2.75, 3.05) is 5.73 Å². The molecular formula is C18H21N7O2. The lowest BCUT2D eigenvalue weighted by atomic mass is 10.1. The molecule has 3 rings (SSSR count). The fourth-order valence-corrected chi connectivity index (χ4v) is 2.75. The van der Waals surface area contributed by atoms with Gasteiger partial charge in [0.25, 0.3) is 11.5 Å². The van der Waals surface area contributed by atoms with Crippen LogP contribution in [0.5, 0.6) is 0 Å². The van der Waals surface area contributed by atoms with E-state index in [-0.39, 0.29) is 29.5 Å². The quantitative estimate of drug-likeness (QED) is 0.629. The highest BCUT2D eigenvalue weighted by Crippen LogP contribution is 2.19. The van der Waals surface area contributed by atoms with Gasteiger partial charge in [-0.1, -0.05) is 12.1 Å². The minimum absolute atomic E-state index is 0.0222. The summed E-state index contributed by atoms with van der Waals surface area (Å²) < 4.78 is 1.91. The summed E-state index contributed by atoms with van der Waals surface area (Å²) in [5.41, 5.74) is 6.70. The maximum absolute atomic E-state index is 12.7. The molecule has 1 unspecified atom stereocenters. The minimum atomic E-state index is -0.353. The normalized spacial score (nSPS) is 12.1. The lowest BCUT2D eigenvalue weighted by Crippen LogP contribution is -2.29. The SMILES string of the molecule is CC(NC(=O)c1cccc(-c2cc(=O)[nH]c(N)n2)c1)c1nncn1C(C)C. The zero-order chi connectivity index (χ0) is 19.6. The smallest absolute Gasteiger partial charge is 0.252 e. The molecule has 1 amide bonds. The van der Waals surface area contributed by atoms with E-state index in [0.717, 1.165) is 0 Å². The Bertz CT molecular complexity index is 1020. The second-order valence-corrected chi connectivity index (χ2v) is 6.48. The molecule has 0 aliphatic heterocycles. The number of rotatable bonds is 5. The Hall–Kier alpha value is -3.49. The molecule has 9 heteroatoms. The highest BCUT2D eigenvalue weighted by atomic mass is 16.1. The second kappa shape index (κ2) is 7.40. The number of carbonyl (C=O) groups is 1. The number of anilines is 1. The Morgan fingerprint density at radius 3 is 2.74 bits per heavy atom. The number of hydrogen-bond acceptors (Lipinski definition) is 6. The van der Waals surface area contributed by atoms with Gasteiger partial charge in [-0.3, -0.25) is 14.6 Å². The Morgan fingerprint density at radius 1 is 1.26 bits per heavy atom. The molecule has 0 radical (unpaired) electrons. The fourth-order valence-electron chi connectivity index (χ4n) is 2.75. The van der Waals surface area contributed by atoms with Crippen LogP contribution in [0.3, 0.4) is 0 Å². The predicted octanol–water partition coefficient (Wildman–Crippen LogP) is 1.68. The van der Waals surface area contributed by atoms with Crippen molar-refractivity contribution >= 4 is 11.9 Å². The van der Waals surface area contributed by atoms with Gasteiger partial charge in [0.05, 0.1) is 11.7 Å². The van der Waals surface area contributed by atoms with Crippen molar-refractivity contribution in [1.82, 2.24) is 30.0 Å². The Labute approximate surface area is 155 Å². The largest absolute Gasteiger partial charge is 0.369 e. The van der Waals surface area contributed by atoms with Gasteiger partial charge in [0.15, 0.2) is 5.82 Å². The van der Waals surface area contributed by atoms with Gasteiger partial charge in [-0.25, -0.2) is 4.98 Å². The predicted molar refractivity (Wildman–Crippen MR) is 101 cm³/mol. The number of hydrogen-bond donors (Lipinski definition) is 3. The topological polar surface area (TPSA) is 132 Å². The second-order valence-electron chi connectivity index (χ2n) is 6.48. The highest BCUT2D eigenvalue weighted by molar-refractivity contribution is 5.95. The first-order chi connectivity index (χ1) is 12.8. The fraction of sp³-hybridized carbons (Fsp3) is 0.278. The van der Waals surface area contributed by atoms with Crippen molar-refractivity contribution < 1.29 is 4.79 Å². The van der Waals surface area contributed by atoms with E-state index in [4.69, 9.17) is 5.73 Å². The van der Waals surface area contributed by atoms with Crippen molar-refractivity contribution in [1.29, 1.82) is 0 Å². The molecule has 4 N–H and O–H groups in total. The molecule has 0 aliphatic carbocycles. The van der Waals surface area contributed by atoms with Crippen LogP contribution in [0.25, 0.3) is 11.3 Å². The molecule has 27 heavy (non-hydrogen) atoms. The third kappa shape index (κ3) is 4.02. The average Bonchev–Trinajstić information content (AvgIpc) is 3.11. The lowest BCUT2D eigenvalue weighted by molar-refractivity contribution is 0.0937. The number of H-pyrrole nitrogens is 1. The van der Waals surface area contributed by atoms with Crippen molar-refractivity contribution in [3.8, 4) is 11.3 Å². The van der Waals surface area contributed by atoms with Crippen LogP contribution in [0, 0.1) is 0 Å². The van der Waals surface area contributed by atoms with Gasteiger partial charge in [0.2, 0.25) is 5.95 Å². The highest BCUT2D eigenvalue weighted by Gasteiger charge is 2.18. The third-order valence-electron chi connectivity index (χ3n) is 4.07. The summed E-state index contributed by atoms with van der Waals surface area (Å²) in [6.45, 7) is 5.89. The molecule has 0 bridgehead atoms. The number of nitrogens with one attached hydrogen (secondary N) is 2. The molecule has 0 saturated heterocycles.